The van der Waals surface area contributed by atoms with Gasteiger partial charge in [0.2, 0.25) is 0 Å². The van der Waals surface area contributed by atoms with Gasteiger partial charge in [0.05, 0.1) is 11.0 Å². The molecule has 0 radical (unpaired) electrons. The van der Waals surface area contributed by atoms with Gasteiger partial charge in [-0.3, -0.25) is 19.5 Å². The summed E-state index contributed by atoms with van der Waals surface area (Å²) in [7, 11) is 0. The molecule has 2 aromatic heterocycles. The van der Waals surface area contributed by atoms with E-state index in [2.05, 4.69) is 80.3 Å². The molecule has 5 heterocycles. The molecule has 3 saturated heterocycles. The number of hydrogen-bond donors (Lipinski definition) is 1. The lowest BCUT2D eigenvalue weighted by atomic mass is 9.70. The Hall–Kier alpha value is -4.08. The Morgan fingerprint density at radius 2 is 1.67 bits per heavy atom. The topological polar surface area (TPSA) is 87.1 Å². The molecule has 3 aliphatic rings. The van der Waals surface area contributed by atoms with Gasteiger partial charge in [-0.05, 0) is 93.7 Å². The summed E-state index contributed by atoms with van der Waals surface area (Å²) in [6.45, 7) is 4.72. The maximum absolute atomic E-state index is 13.7. The third kappa shape index (κ3) is 5.29. The molecule has 46 heavy (non-hydrogen) atoms. The van der Waals surface area contributed by atoms with Crippen LogP contribution in [-0.4, -0.2) is 66.3 Å². The van der Waals surface area contributed by atoms with E-state index < -0.39 is 0 Å². The molecule has 3 fully saturated rings. The lowest BCUT2D eigenvalue weighted by molar-refractivity contribution is 0.0607. The van der Waals surface area contributed by atoms with Gasteiger partial charge in [-0.2, -0.15) is 4.37 Å². The summed E-state index contributed by atoms with van der Waals surface area (Å²) in [5.41, 5.74) is 5.22. The standard InChI is InChI=1S/C37H40N6O2S/c1-25-38-32-12-5-6-13-33(32)43(25)31-23-29-14-15-30(24-31)42(29)21-18-37(28-10-3-2-4-11-28)16-19-41(20-17-37)35(44)27-9-7-8-26(22-27)34-39-36(45)46-40-34/h2-13,22,29-31H,14-21,23-24H2,1H3,(H,39,40,45)/t29-,30+,31?. The number of benzene rings is 3. The second-order valence-electron chi connectivity index (χ2n) is 13.5. The van der Waals surface area contributed by atoms with E-state index in [-0.39, 0.29) is 16.2 Å². The van der Waals surface area contributed by atoms with E-state index in [1.807, 2.05) is 29.2 Å². The van der Waals surface area contributed by atoms with Gasteiger partial charge in [0, 0.05) is 53.9 Å². The molecule has 1 N–H and O–H groups in total. The van der Waals surface area contributed by atoms with E-state index in [9.17, 15) is 9.59 Å². The van der Waals surface area contributed by atoms with Crippen LogP contribution in [-0.2, 0) is 5.41 Å². The number of likely N-dealkylation sites (tertiary alicyclic amines) is 1. The number of hydrogen-bond acceptors (Lipinski definition) is 6. The number of para-hydroxylation sites is 2. The van der Waals surface area contributed by atoms with Gasteiger partial charge < -0.3 is 9.47 Å². The molecular weight excluding hydrogens is 593 g/mol. The number of aromatic amines is 1. The second kappa shape index (κ2) is 11.9. The fraction of sp³-hybridized carbons (Fsp3) is 0.405. The smallest absolute Gasteiger partial charge is 0.323 e. The normalized spacial score (nSPS) is 22.8. The minimum absolute atomic E-state index is 0.0449. The lowest BCUT2D eigenvalue weighted by Gasteiger charge is -2.45. The number of piperidine rings is 2. The van der Waals surface area contributed by atoms with Gasteiger partial charge in [-0.25, -0.2) is 4.98 Å². The van der Waals surface area contributed by atoms with Gasteiger partial charge in [-0.15, -0.1) is 0 Å². The number of rotatable bonds is 7. The molecule has 0 saturated carbocycles. The maximum Gasteiger partial charge on any atom is 0.323 e. The zero-order valence-corrected chi connectivity index (χ0v) is 27.1. The highest BCUT2D eigenvalue weighted by Gasteiger charge is 2.44. The first-order chi connectivity index (χ1) is 22.5. The van der Waals surface area contributed by atoms with Crippen molar-refractivity contribution in [3.8, 4) is 11.4 Å². The number of nitrogens with one attached hydrogen (secondary N) is 1. The number of amides is 1. The van der Waals surface area contributed by atoms with E-state index >= 15 is 0 Å². The largest absolute Gasteiger partial charge is 0.339 e. The number of nitrogens with zero attached hydrogens (tertiary/aromatic N) is 5. The summed E-state index contributed by atoms with van der Waals surface area (Å²) in [5, 5.41) is 0. The average molecular weight is 633 g/mol. The third-order valence-electron chi connectivity index (χ3n) is 11.1. The van der Waals surface area contributed by atoms with Crippen molar-refractivity contribution < 1.29 is 4.79 Å². The molecule has 0 spiro atoms. The number of carbonyl (C=O) groups excluding carboxylic acids is 1. The van der Waals surface area contributed by atoms with E-state index in [0.717, 1.165) is 67.3 Å². The van der Waals surface area contributed by atoms with E-state index in [0.29, 0.717) is 29.5 Å². The predicted molar refractivity (Wildman–Crippen MR) is 182 cm³/mol. The first-order valence-electron chi connectivity index (χ1n) is 16.7. The zero-order chi connectivity index (χ0) is 31.3. The SMILES string of the molecule is Cc1nc2ccccc2n1C1C[C@H]2CC[C@@H](C1)N2CCC1(c2ccccc2)CCN(C(=O)c2cccc(-c3nsc(=O)[nH]3)c2)CC1. The Morgan fingerprint density at radius 1 is 0.935 bits per heavy atom. The molecule has 8 rings (SSSR count). The molecule has 5 aromatic rings. The fourth-order valence-electron chi connectivity index (χ4n) is 8.74. The van der Waals surface area contributed by atoms with Crippen molar-refractivity contribution in [1.29, 1.82) is 0 Å². The van der Waals surface area contributed by atoms with Crippen molar-refractivity contribution in [3.63, 3.8) is 0 Å². The number of H-pyrrole nitrogens is 1. The van der Waals surface area contributed by atoms with Crippen LogP contribution in [0, 0.1) is 6.92 Å². The van der Waals surface area contributed by atoms with E-state index in [4.69, 9.17) is 4.98 Å². The van der Waals surface area contributed by atoms with Crippen molar-refractivity contribution in [3.05, 3.63) is 105 Å². The van der Waals surface area contributed by atoms with Crippen LogP contribution in [0.2, 0.25) is 0 Å². The summed E-state index contributed by atoms with van der Waals surface area (Å²) < 4.78 is 6.72. The average Bonchev–Trinajstić information content (AvgIpc) is 3.75. The Morgan fingerprint density at radius 3 is 2.41 bits per heavy atom. The van der Waals surface area contributed by atoms with Crippen molar-refractivity contribution in [2.75, 3.05) is 19.6 Å². The van der Waals surface area contributed by atoms with E-state index in [1.165, 1.54) is 36.8 Å². The van der Waals surface area contributed by atoms with Gasteiger partial charge >= 0.3 is 4.87 Å². The van der Waals surface area contributed by atoms with E-state index in [1.54, 1.807) is 0 Å². The maximum atomic E-state index is 13.7. The second-order valence-corrected chi connectivity index (χ2v) is 14.2. The minimum Gasteiger partial charge on any atom is -0.339 e. The predicted octanol–water partition coefficient (Wildman–Crippen LogP) is 6.59. The van der Waals surface area contributed by atoms with Crippen LogP contribution in [0.1, 0.15) is 72.7 Å². The molecule has 236 valence electrons. The van der Waals surface area contributed by atoms with Crippen molar-refractivity contribution in [2.45, 2.75) is 75.4 Å². The Kier molecular flexibility index (Phi) is 7.61. The van der Waals surface area contributed by atoms with Crippen molar-refractivity contribution in [2.24, 2.45) is 0 Å². The Labute approximate surface area is 273 Å². The van der Waals surface area contributed by atoms with Gasteiger partial charge in [0.1, 0.15) is 5.82 Å². The molecule has 3 atom stereocenters. The summed E-state index contributed by atoms with van der Waals surface area (Å²) in [6.07, 6.45) is 7.94. The number of imidazole rings is 1. The third-order valence-corrected chi connectivity index (χ3v) is 11.6. The lowest BCUT2D eigenvalue weighted by Crippen LogP contribution is -2.49. The van der Waals surface area contributed by atoms with Crippen molar-refractivity contribution in [1.82, 2.24) is 28.7 Å². The molecule has 2 bridgehead atoms. The molecule has 0 aliphatic carbocycles. The molecule has 9 heteroatoms. The molecule has 3 aromatic carbocycles. The Balaban J connectivity index is 0.970. The highest BCUT2D eigenvalue weighted by atomic mass is 32.1. The van der Waals surface area contributed by atoms with Gasteiger partial charge in [0.15, 0.2) is 5.82 Å². The van der Waals surface area contributed by atoms with Crippen LogP contribution in [0.25, 0.3) is 22.4 Å². The minimum atomic E-state index is -0.195. The molecule has 1 unspecified atom stereocenters. The zero-order valence-electron chi connectivity index (χ0n) is 26.3. The van der Waals surface area contributed by atoms with Crippen molar-refractivity contribution >= 4 is 28.5 Å². The molecule has 8 nitrogen and oxygen atoms in total. The number of aryl methyl sites for hydroxylation is 1. The van der Waals surface area contributed by atoms with Crippen LogP contribution in [0.5, 0.6) is 0 Å². The van der Waals surface area contributed by atoms with Crippen LogP contribution in [0.4, 0.5) is 0 Å². The molecular formula is C37H40N6O2S. The number of carbonyl (C=O) groups is 1. The first kappa shape index (κ1) is 29.3. The van der Waals surface area contributed by atoms with Gasteiger partial charge in [0.25, 0.3) is 5.91 Å². The van der Waals surface area contributed by atoms with Crippen LogP contribution in [0.15, 0.2) is 83.7 Å². The summed E-state index contributed by atoms with van der Waals surface area (Å²) in [5.74, 6) is 1.69. The quantitative estimate of drug-likeness (QED) is 0.219. The van der Waals surface area contributed by atoms with Crippen LogP contribution < -0.4 is 4.87 Å². The summed E-state index contributed by atoms with van der Waals surface area (Å²) >= 11 is 0.895. The monoisotopic (exact) mass is 632 g/mol. The number of aromatic nitrogens is 4. The summed E-state index contributed by atoms with van der Waals surface area (Å²) in [4.78, 5) is 37.6. The first-order valence-corrected chi connectivity index (χ1v) is 17.5. The molecule has 3 aliphatic heterocycles. The highest BCUT2D eigenvalue weighted by molar-refractivity contribution is 7.03. The summed E-state index contributed by atoms with van der Waals surface area (Å²) in [6, 6.07) is 28.8. The molecule has 1 amide bonds. The van der Waals surface area contributed by atoms with Crippen LogP contribution in [0.3, 0.4) is 0 Å². The highest BCUT2D eigenvalue weighted by Crippen LogP contribution is 2.45. The van der Waals surface area contributed by atoms with Gasteiger partial charge in [-0.1, -0.05) is 54.6 Å². The number of fused-ring (bicyclic) bond motifs is 3. The Bertz CT molecular complexity index is 1910. The van der Waals surface area contributed by atoms with Crippen LogP contribution >= 0.6 is 11.5 Å². The fourth-order valence-corrected chi connectivity index (χ4v) is 9.21.